The molecule has 5 nitrogen and oxygen atoms in total. The molecule has 5 heteroatoms. The molecule has 0 unspecified atom stereocenters. The van der Waals surface area contributed by atoms with Gasteiger partial charge in [-0.15, -0.1) is 0 Å². The lowest BCUT2D eigenvalue weighted by molar-refractivity contribution is 0.0659. The molecule has 0 atom stereocenters. The number of H-pyrrole nitrogens is 1. The van der Waals surface area contributed by atoms with Crippen molar-refractivity contribution in [2.45, 2.75) is 0 Å². The van der Waals surface area contributed by atoms with Gasteiger partial charge in [-0.1, -0.05) is 12.1 Å². The molecule has 19 heavy (non-hydrogen) atoms. The number of hydrogen-bond donors (Lipinski definition) is 2. The molecule has 2 heterocycles. The first-order valence-electron chi connectivity index (χ1n) is 6.43. The third-order valence-electron chi connectivity index (χ3n) is 3.66. The van der Waals surface area contributed by atoms with Crippen molar-refractivity contribution in [3.05, 3.63) is 30.0 Å². The van der Waals surface area contributed by atoms with Gasteiger partial charge in [-0.2, -0.15) is 0 Å². The summed E-state index contributed by atoms with van der Waals surface area (Å²) in [7, 11) is 2.06. The molecule has 1 fully saturated rings. The normalized spacial score (nSPS) is 17.0. The number of rotatable bonds is 1. The van der Waals surface area contributed by atoms with Gasteiger partial charge in [0.2, 0.25) is 0 Å². The van der Waals surface area contributed by atoms with Crippen molar-refractivity contribution in [2.24, 2.45) is 0 Å². The molecule has 0 spiro atoms. The zero-order valence-electron chi connectivity index (χ0n) is 10.9. The highest BCUT2D eigenvalue weighted by atomic mass is 16.3. The number of carbonyl (C=O) groups excluding carboxylic acids is 1. The summed E-state index contributed by atoms with van der Waals surface area (Å²) in [6.45, 7) is 3.29. The monoisotopic (exact) mass is 259 g/mol. The summed E-state index contributed by atoms with van der Waals surface area (Å²) in [5.74, 6) is 0.179. The Labute approximate surface area is 111 Å². The molecule has 1 aliphatic rings. The quantitative estimate of drug-likeness (QED) is 0.810. The molecule has 1 aliphatic heterocycles. The highest BCUT2D eigenvalue weighted by Gasteiger charge is 2.21. The minimum Gasteiger partial charge on any atom is -0.506 e. The van der Waals surface area contributed by atoms with E-state index in [-0.39, 0.29) is 11.7 Å². The Hall–Kier alpha value is -2.01. The van der Waals surface area contributed by atoms with Gasteiger partial charge in [-0.3, -0.25) is 4.79 Å². The number of piperazine rings is 1. The average molecular weight is 259 g/mol. The fourth-order valence-electron chi connectivity index (χ4n) is 2.44. The predicted molar refractivity (Wildman–Crippen MR) is 73.4 cm³/mol. The van der Waals surface area contributed by atoms with E-state index in [1.54, 1.807) is 18.2 Å². The van der Waals surface area contributed by atoms with Gasteiger partial charge >= 0.3 is 0 Å². The van der Waals surface area contributed by atoms with E-state index in [0.29, 0.717) is 11.2 Å². The lowest BCUT2D eigenvalue weighted by Crippen LogP contribution is -2.47. The second-order valence-corrected chi connectivity index (χ2v) is 5.02. The van der Waals surface area contributed by atoms with Crippen molar-refractivity contribution in [3.63, 3.8) is 0 Å². The van der Waals surface area contributed by atoms with Crippen LogP contribution in [0.1, 0.15) is 10.5 Å². The number of phenols is 1. The molecular weight excluding hydrogens is 242 g/mol. The van der Waals surface area contributed by atoms with Crippen LogP contribution in [0.25, 0.3) is 10.9 Å². The molecule has 100 valence electrons. The van der Waals surface area contributed by atoms with Crippen LogP contribution in [0.4, 0.5) is 0 Å². The van der Waals surface area contributed by atoms with Crippen LogP contribution in [0.3, 0.4) is 0 Å². The lowest BCUT2D eigenvalue weighted by atomic mass is 10.2. The number of para-hydroxylation sites is 1. The SMILES string of the molecule is CN1CCN(C(=O)c2cc3cccc(O)c3[nH]2)CC1. The molecule has 2 N–H and O–H groups in total. The van der Waals surface area contributed by atoms with Gasteiger partial charge in [-0.05, 0) is 19.2 Å². The van der Waals surface area contributed by atoms with Gasteiger partial charge in [0.1, 0.15) is 11.4 Å². The zero-order valence-corrected chi connectivity index (χ0v) is 10.9. The third kappa shape index (κ3) is 2.17. The number of amides is 1. The summed E-state index contributed by atoms with van der Waals surface area (Å²) < 4.78 is 0. The maximum absolute atomic E-state index is 12.4. The predicted octanol–water partition coefficient (Wildman–Crippen LogP) is 1.26. The van der Waals surface area contributed by atoms with E-state index in [4.69, 9.17) is 0 Å². The molecule has 1 saturated heterocycles. The van der Waals surface area contributed by atoms with Crippen molar-refractivity contribution in [1.29, 1.82) is 0 Å². The van der Waals surface area contributed by atoms with Crippen molar-refractivity contribution < 1.29 is 9.90 Å². The smallest absolute Gasteiger partial charge is 0.270 e. The summed E-state index contributed by atoms with van der Waals surface area (Å²) in [5, 5.41) is 10.6. The number of aromatic amines is 1. The van der Waals surface area contributed by atoms with Gasteiger partial charge in [0.15, 0.2) is 0 Å². The van der Waals surface area contributed by atoms with Crippen LogP contribution in [0.15, 0.2) is 24.3 Å². The van der Waals surface area contributed by atoms with E-state index in [9.17, 15) is 9.90 Å². The summed E-state index contributed by atoms with van der Waals surface area (Å²) >= 11 is 0. The molecule has 0 bridgehead atoms. The van der Waals surface area contributed by atoms with E-state index < -0.39 is 0 Å². The summed E-state index contributed by atoms with van der Waals surface area (Å²) in [6.07, 6.45) is 0. The number of nitrogens with zero attached hydrogens (tertiary/aromatic N) is 2. The number of aromatic hydroxyl groups is 1. The van der Waals surface area contributed by atoms with Crippen LogP contribution in [0.5, 0.6) is 5.75 Å². The van der Waals surface area contributed by atoms with Crippen LogP contribution in [-0.2, 0) is 0 Å². The van der Waals surface area contributed by atoms with E-state index >= 15 is 0 Å². The Morgan fingerprint density at radius 3 is 2.68 bits per heavy atom. The molecule has 0 radical (unpaired) electrons. The largest absolute Gasteiger partial charge is 0.506 e. The van der Waals surface area contributed by atoms with Crippen LogP contribution in [0.2, 0.25) is 0 Å². The Kier molecular flexibility index (Phi) is 2.91. The van der Waals surface area contributed by atoms with Gasteiger partial charge < -0.3 is 19.9 Å². The van der Waals surface area contributed by atoms with Gasteiger partial charge in [-0.25, -0.2) is 0 Å². The Balaban J connectivity index is 1.87. The average Bonchev–Trinajstić information content (AvgIpc) is 2.84. The first kappa shape index (κ1) is 12.0. The highest BCUT2D eigenvalue weighted by molar-refractivity contribution is 5.99. The number of likely N-dealkylation sites (N-methyl/N-ethyl adjacent to an activating group) is 1. The third-order valence-corrected chi connectivity index (χ3v) is 3.66. The van der Waals surface area contributed by atoms with Crippen LogP contribution in [-0.4, -0.2) is 59.0 Å². The maximum Gasteiger partial charge on any atom is 0.270 e. The first-order valence-corrected chi connectivity index (χ1v) is 6.43. The molecule has 1 aromatic heterocycles. The number of nitrogens with one attached hydrogen (secondary N) is 1. The van der Waals surface area contributed by atoms with Crippen LogP contribution < -0.4 is 0 Å². The molecule has 1 amide bonds. The Morgan fingerprint density at radius 1 is 1.26 bits per heavy atom. The van der Waals surface area contributed by atoms with Crippen molar-refractivity contribution in [1.82, 2.24) is 14.8 Å². The van der Waals surface area contributed by atoms with Crippen LogP contribution in [0, 0.1) is 0 Å². The highest BCUT2D eigenvalue weighted by Crippen LogP contribution is 2.24. The van der Waals surface area contributed by atoms with E-state index in [1.165, 1.54) is 0 Å². The standard InChI is InChI=1S/C14H17N3O2/c1-16-5-7-17(8-6-16)14(19)11-9-10-3-2-4-12(18)13(10)15-11/h2-4,9,15,18H,5-8H2,1H3. The number of aromatic nitrogens is 1. The fraction of sp³-hybridized carbons (Fsp3) is 0.357. The minimum atomic E-state index is 0.00343. The molecule has 2 aromatic rings. The summed E-state index contributed by atoms with van der Waals surface area (Å²) in [5.41, 5.74) is 1.17. The van der Waals surface area contributed by atoms with E-state index in [1.807, 2.05) is 11.0 Å². The maximum atomic E-state index is 12.4. The number of hydrogen-bond acceptors (Lipinski definition) is 3. The van der Waals surface area contributed by atoms with Crippen LogP contribution >= 0.6 is 0 Å². The van der Waals surface area contributed by atoms with Gasteiger partial charge in [0.05, 0.1) is 5.52 Å². The Morgan fingerprint density at radius 2 is 2.00 bits per heavy atom. The molecular formula is C14H17N3O2. The van der Waals surface area contributed by atoms with E-state index in [0.717, 1.165) is 31.6 Å². The van der Waals surface area contributed by atoms with Gasteiger partial charge in [0, 0.05) is 31.6 Å². The minimum absolute atomic E-state index is 0.00343. The molecule has 3 rings (SSSR count). The number of fused-ring (bicyclic) bond motifs is 1. The summed E-state index contributed by atoms with van der Waals surface area (Å²) in [4.78, 5) is 19.5. The van der Waals surface area contributed by atoms with Crippen molar-refractivity contribution >= 4 is 16.8 Å². The number of phenolic OH excluding ortho intramolecular Hbond substituents is 1. The topological polar surface area (TPSA) is 59.6 Å². The molecule has 0 aliphatic carbocycles. The summed E-state index contributed by atoms with van der Waals surface area (Å²) in [6, 6.07) is 7.07. The molecule has 1 aromatic carbocycles. The fourth-order valence-corrected chi connectivity index (χ4v) is 2.44. The van der Waals surface area contributed by atoms with Gasteiger partial charge in [0.25, 0.3) is 5.91 Å². The first-order chi connectivity index (χ1) is 9.15. The van der Waals surface area contributed by atoms with Crippen molar-refractivity contribution in [3.8, 4) is 5.75 Å². The van der Waals surface area contributed by atoms with Crippen molar-refractivity contribution in [2.75, 3.05) is 33.2 Å². The second-order valence-electron chi connectivity index (χ2n) is 5.02. The zero-order chi connectivity index (χ0) is 13.4. The lowest BCUT2D eigenvalue weighted by Gasteiger charge is -2.32. The number of carbonyl (C=O) groups is 1. The number of benzene rings is 1. The van der Waals surface area contributed by atoms with E-state index in [2.05, 4.69) is 16.9 Å². The molecule has 0 saturated carbocycles. The second kappa shape index (κ2) is 4.59. The Bertz CT molecular complexity index is 612.